The quantitative estimate of drug-likeness (QED) is 0.430. The molecule has 1 heterocycles. The molecule has 0 amide bonds. The van der Waals surface area contributed by atoms with Gasteiger partial charge >= 0.3 is 0 Å². The third-order valence-corrected chi connectivity index (χ3v) is 5.26. The molecule has 0 atom stereocenters. The molecule has 0 unspecified atom stereocenters. The molecule has 0 bridgehead atoms. The van der Waals surface area contributed by atoms with Crippen LogP contribution in [0.2, 0.25) is 10.0 Å². The average Bonchev–Trinajstić information content (AvgIpc) is 3.21. The van der Waals surface area contributed by atoms with Crippen LogP contribution in [0.25, 0.3) is 10.8 Å². The van der Waals surface area contributed by atoms with E-state index in [-0.39, 0.29) is 0 Å². The van der Waals surface area contributed by atoms with E-state index in [9.17, 15) is 0 Å². The van der Waals surface area contributed by atoms with Crippen molar-refractivity contribution in [2.45, 2.75) is 19.7 Å². The Labute approximate surface area is 173 Å². The van der Waals surface area contributed by atoms with E-state index in [1.807, 2.05) is 36.4 Å². The van der Waals surface area contributed by atoms with Crippen LogP contribution in [-0.4, -0.2) is 0 Å². The van der Waals surface area contributed by atoms with Crippen LogP contribution in [0.3, 0.4) is 0 Å². The first kappa shape index (κ1) is 18.9. The van der Waals surface area contributed by atoms with Gasteiger partial charge in [0.15, 0.2) is 5.76 Å². The van der Waals surface area contributed by atoms with E-state index in [0.29, 0.717) is 16.7 Å². The van der Waals surface area contributed by atoms with Gasteiger partial charge in [0.25, 0.3) is 0 Å². The van der Waals surface area contributed by atoms with Crippen LogP contribution in [0.5, 0.6) is 5.75 Å². The second-order valence-corrected chi connectivity index (χ2v) is 7.41. The van der Waals surface area contributed by atoms with Crippen molar-refractivity contribution in [3.05, 3.63) is 99.9 Å². The number of halogens is 2. The first-order valence-corrected chi connectivity index (χ1v) is 9.88. The van der Waals surface area contributed by atoms with Gasteiger partial charge in [0.2, 0.25) is 0 Å². The van der Waals surface area contributed by atoms with Crippen molar-refractivity contribution >= 4 is 34.0 Å². The Balaban J connectivity index is 1.57. The molecule has 142 valence electrons. The molecule has 28 heavy (non-hydrogen) atoms. The lowest BCUT2D eigenvalue weighted by molar-refractivity contribution is -0.687. The highest BCUT2D eigenvalue weighted by Gasteiger charge is 2.12. The van der Waals surface area contributed by atoms with Gasteiger partial charge in [-0.3, -0.25) is 0 Å². The number of quaternary nitrogens is 1. The van der Waals surface area contributed by atoms with Crippen molar-refractivity contribution in [3.8, 4) is 5.75 Å². The van der Waals surface area contributed by atoms with Crippen LogP contribution in [-0.2, 0) is 19.7 Å². The maximum atomic E-state index is 6.29. The smallest absolute Gasteiger partial charge is 0.157 e. The van der Waals surface area contributed by atoms with E-state index >= 15 is 0 Å². The molecule has 0 aliphatic rings. The minimum Gasteiger partial charge on any atom is -0.488 e. The molecule has 0 fully saturated rings. The van der Waals surface area contributed by atoms with Crippen molar-refractivity contribution in [2.75, 3.05) is 0 Å². The Morgan fingerprint density at radius 2 is 1.79 bits per heavy atom. The molecule has 3 aromatic carbocycles. The third-order valence-electron chi connectivity index (χ3n) is 4.67. The van der Waals surface area contributed by atoms with Crippen molar-refractivity contribution in [2.24, 2.45) is 0 Å². The number of fused-ring (bicyclic) bond motifs is 1. The lowest BCUT2D eigenvalue weighted by Gasteiger charge is -2.14. The first-order chi connectivity index (χ1) is 13.7. The minimum absolute atomic E-state index is 0.388. The molecule has 3 nitrogen and oxygen atoms in total. The molecule has 4 aromatic rings. The first-order valence-electron chi connectivity index (χ1n) is 9.12. The Hall–Kier alpha value is -2.46. The summed E-state index contributed by atoms with van der Waals surface area (Å²) in [5.74, 6) is 1.82. The van der Waals surface area contributed by atoms with Crippen molar-refractivity contribution in [1.82, 2.24) is 0 Å². The summed E-state index contributed by atoms with van der Waals surface area (Å²) >= 11 is 12.3. The molecule has 0 saturated heterocycles. The number of hydrogen-bond acceptors (Lipinski definition) is 2. The topological polar surface area (TPSA) is 39.0 Å². The predicted molar refractivity (Wildman–Crippen MR) is 113 cm³/mol. The van der Waals surface area contributed by atoms with Gasteiger partial charge in [0.1, 0.15) is 25.4 Å². The summed E-state index contributed by atoms with van der Waals surface area (Å²) in [5, 5.41) is 5.83. The second kappa shape index (κ2) is 8.70. The second-order valence-electron chi connectivity index (χ2n) is 6.56. The maximum absolute atomic E-state index is 6.29. The normalized spacial score (nSPS) is 11.1. The number of ether oxygens (including phenoxy) is 1. The summed E-state index contributed by atoms with van der Waals surface area (Å²) in [5.41, 5.74) is 2.07. The fourth-order valence-corrected chi connectivity index (χ4v) is 3.71. The summed E-state index contributed by atoms with van der Waals surface area (Å²) < 4.78 is 11.6. The van der Waals surface area contributed by atoms with Crippen LogP contribution in [0.1, 0.15) is 16.9 Å². The maximum Gasteiger partial charge on any atom is 0.157 e. The summed E-state index contributed by atoms with van der Waals surface area (Å²) in [7, 11) is 0. The molecule has 0 radical (unpaired) electrons. The zero-order chi connectivity index (χ0) is 19.3. The summed E-state index contributed by atoms with van der Waals surface area (Å²) in [4.78, 5) is 0. The van der Waals surface area contributed by atoms with Gasteiger partial charge in [0.05, 0.1) is 11.8 Å². The SMILES string of the molecule is Clc1ccc(COc2ccc3ccccc3c2C[NH2+]Cc2ccco2)c(Cl)c1. The number of benzene rings is 3. The Kier molecular flexibility index (Phi) is 5.87. The zero-order valence-corrected chi connectivity index (χ0v) is 16.7. The van der Waals surface area contributed by atoms with Crippen molar-refractivity contribution in [1.29, 1.82) is 0 Å². The van der Waals surface area contributed by atoms with Crippen LogP contribution in [0.15, 0.2) is 77.4 Å². The molecule has 0 aliphatic heterocycles. The fourth-order valence-electron chi connectivity index (χ4n) is 3.24. The monoisotopic (exact) mass is 412 g/mol. The summed E-state index contributed by atoms with van der Waals surface area (Å²) in [6.07, 6.45) is 1.70. The zero-order valence-electron chi connectivity index (χ0n) is 15.2. The highest BCUT2D eigenvalue weighted by atomic mass is 35.5. The number of furan rings is 1. The van der Waals surface area contributed by atoms with Gasteiger partial charge in [-0.15, -0.1) is 0 Å². The molecular formula is C23H20Cl2NO2+. The molecule has 0 saturated carbocycles. The summed E-state index contributed by atoms with van der Waals surface area (Å²) in [6, 6.07) is 21.8. The van der Waals surface area contributed by atoms with Crippen LogP contribution >= 0.6 is 23.2 Å². The Bertz CT molecular complexity index is 1080. The molecule has 4 rings (SSSR count). The van der Waals surface area contributed by atoms with Gasteiger partial charge in [-0.2, -0.15) is 0 Å². The number of nitrogens with two attached hydrogens (primary N) is 1. The van der Waals surface area contributed by atoms with Crippen molar-refractivity contribution < 1.29 is 14.5 Å². The van der Waals surface area contributed by atoms with E-state index in [1.165, 1.54) is 10.8 Å². The van der Waals surface area contributed by atoms with Gasteiger partial charge < -0.3 is 14.5 Å². The fraction of sp³-hybridized carbons (Fsp3) is 0.130. The van der Waals surface area contributed by atoms with Gasteiger partial charge in [-0.25, -0.2) is 0 Å². The van der Waals surface area contributed by atoms with Crippen LogP contribution in [0, 0.1) is 0 Å². The average molecular weight is 413 g/mol. The van der Waals surface area contributed by atoms with Crippen molar-refractivity contribution in [3.63, 3.8) is 0 Å². The van der Waals surface area contributed by atoms with E-state index in [2.05, 4.69) is 29.6 Å². The molecule has 2 N–H and O–H groups in total. The highest BCUT2D eigenvalue weighted by molar-refractivity contribution is 6.35. The molecule has 1 aromatic heterocycles. The Morgan fingerprint density at radius 1 is 0.893 bits per heavy atom. The van der Waals surface area contributed by atoms with Gasteiger partial charge in [-0.05, 0) is 41.1 Å². The minimum atomic E-state index is 0.388. The predicted octanol–water partition coefficient (Wildman–Crippen LogP) is 5.58. The molecule has 0 spiro atoms. The molecule has 5 heteroatoms. The lowest BCUT2D eigenvalue weighted by Crippen LogP contribution is -2.80. The van der Waals surface area contributed by atoms with E-state index in [1.54, 1.807) is 12.3 Å². The van der Waals surface area contributed by atoms with Crippen LogP contribution < -0.4 is 10.1 Å². The number of rotatable bonds is 7. The van der Waals surface area contributed by atoms with Crippen LogP contribution in [0.4, 0.5) is 0 Å². The third kappa shape index (κ3) is 4.33. The lowest BCUT2D eigenvalue weighted by atomic mass is 10.0. The molecular weight excluding hydrogens is 393 g/mol. The highest BCUT2D eigenvalue weighted by Crippen LogP contribution is 2.29. The van der Waals surface area contributed by atoms with E-state index < -0.39 is 0 Å². The summed E-state index contributed by atoms with van der Waals surface area (Å²) in [6.45, 7) is 1.95. The van der Waals surface area contributed by atoms with E-state index in [4.69, 9.17) is 32.4 Å². The number of hydrogen-bond donors (Lipinski definition) is 1. The van der Waals surface area contributed by atoms with Gasteiger partial charge in [-0.1, -0.05) is 59.6 Å². The van der Waals surface area contributed by atoms with Gasteiger partial charge in [0, 0.05) is 15.6 Å². The largest absolute Gasteiger partial charge is 0.488 e. The van der Waals surface area contributed by atoms with E-state index in [0.717, 1.165) is 35.7 Å². The Morgan fingerprint density at radius 3 is 2.61 bits per heavy atom. The standard InChI is InChI=1S/C23H19Cl2NO2/c24-18-9-7-17(22(25)12-18)15-28-23-10-8-16-4-1-2-6-20(16)21(23)14-26-13-19-5-3-11-27-19/h1-12,26H,13-15H2/p+1. The molecule has 0 aliphatic carbocycles.